The molecule has 0 aliphatic carbocycles. The van der Waals surface area contributed by atoms with Crippen molar-refractivity contribution in [2.24, 2.45) is 0 Å². The van der Waals surface area contributed by atoms with Crippen molar-refractivity contribution in [2.45, 2.75) is 0 Å². The number of hydrogen-bond acceptors (Lipinski definition) is 2. The highest BCUT2D eigenvalue weighted by molar-refractivity contribution is 14.1. The number of aromatic nitrogens is 1. The van der Waals surface area contributed by atoms with E-state index in [0.29, 0.717) is 10.7 Å². The van der Waals surface area contributed by atoms with Gasteiger partial charge in [-0.2, -0.15) is 0 Å². The van der Waals surface area contributed by atoms with E-state index in [1.165, 1.54) is 0 Å². The molecule has 0 bridgehead atoms. The van der Waals surface area contributed by atoms with Gasteiger partial charge in [0.05, 0.1) is 10.7 Å². The maximum absolute atomic E-state index is 5.57. The molecular weight excluding hydrogens is 250 g/mol. The smallest absolute Gasteiger partial charge is 0.124 e. The minimum atomic E-state index is 0.577. The summed E-state index contributed by atoms with van der Waals surface area (Å²) < 4.78 is 0.789. The lowest BCUT2D eigenvalue weighted by molar-refractivity contribution is 1.28. The first-order valence-electron chi connectivity index (χ1n) is 2.26. The molecule has 0 unspecified atom stereocenters. The molecule has 1 aromatic rings. The third kappa shape index (κ3) is 1.69. The van der Waals surface area contributed by atoms with Crippen LogP contribution < -0.4 is 5.73 Å². The van der Waals surface area contributed by atoms with Crippen LogP contribution in [0.25, 0.3) is 0 Å². The Morgan fingerprint density at radius 1 is 1.67 bits per heavy atom. The molecule has 48 valence electrons. The molecule has 2 nitrogen and oxygen atoms in total. The van der Waals surface area contributed by atoms with Crippen LogP contribution in [-0.2, 0) is 0 Å². The number of nitrogens with two attached hydrogens (primary N) is 1. The van der Waals surface area contributed by atoms with Crippen molar-refractivity contribution in [1.29, 1.82) is 0 Å². The summed E-state index contributed by atoms with van der Waals surface area (Å²) in [6, 6.07) is 1.68. The number of halogens is 2. The molecule has 4 heteroatoms. The van der Waals surface area contributed by atoms with E-state index < -0.39 is 0 Å². The minimum Gasteiger partial charge on any atom is -0.397 e. The average molecular weight is 254 g/mol. The fourth-order valence-electron chi connectivity index (χ4n) is 0.438. The Balaban J connectivity index is 3.17. The van der Waals surface area contributed by atoms with E-state index in [4.69, 9.17) is 17.3 Å². The monoisotopic (exact) mass is 254 g/mol. The second-order valence-corrected chi connectivity index (χ2v) is 2.99. The average Bonchev–Trinajstić information content (AvgIpc) is 1.80. The molecule has 0 aromatic carbocycles. The highest BCUT2D eigenvalue weighted by atomic mass is 127. The first-order valence-corrected chi connectivity index (χ1v) is 3.72. The van der Waals surface area contributed by atoms with E-state index >= 15 is 0 Å². The Kier molecular flexibility index (Phi) is 2.13. The molecule has 0 saturated carbocycles. The number of anilines is 1. The third-order valence-electron chi connectivity index (χ3n) is 0.833. The van der Waals surface area contributed by atoms with Gasteiger partial charge in [0.1, 0.15) is 3.70 Å². The van der Waals surface area contributed by atoms with Crippen molar-refractivity contribution in [3.8, 4) is 0 Å². The summed E-state index contributed by atoms with van der Waals surface area (Å²) in [6.45, 7) is 0. The summed E-state index contributed by atoms with van der Waals surface area (Å²) in [4.78, 5) is 3.91. The Bertz CT molecular complexity index is 226. The van der Waals surface area contributed by atoms with Crippen LogP contribution in [0.15, 0.2) is 12.3 Å². The van der Waals surface area contributed by atoms with Gasteiger partial charge in [-0.1, -0.05) is 11.6 Å². The number of rotatable bonds is 0. The molecule has 0 saturated heterocycles. The molecule has 1 aromatic heterocycles. The molecular formula is C5H4ClIN2. The van der Waals surface area contributed by atoms with Crippen molar-refractivity contribution >= 4 is 39.9 Å². The van der Waals surface area contributed by atoms with Crippen LogP contribution in [0.1, 0.15) is 0 Å². The predicted molar refractivity (Wildman–Crippen MR) is 46.4 cm³/mol. The zero-order valence-corrected chi connectivity index (χ0v) is 7.35. The van der Waals surface area contributed by atoms with Crippen LogP contribution in [0.3, 0.4) is 0 Å². The summed E-state index contributed by atoms with van der Waals surface area (Å²) in [5, 5.41) is 0.577. The Morgan fingerprint density at radius 3 is 2.78 bits per heavy atom. The van der Waals surface area contributed by atoms with Gasteiger partial charge in [-0.3, -0.25) is 0 Å². The molecule has 1 rings (SSSR count). The molecule has 0 aliphatic heterocycles. The lowest BCUT2D eigenvalue weighted by Gasteiger charge is -1.94. The van der Waals surface area contributed by atoms with Crippen LogP contribution in [-0.4, -0.2) is 4.98 Å². The lowest BCUT2D eigenvalue weighted by atomic mass is 10.4. The van der Waals surface area contributed by atoms with Gasteiger partial charge < -0.3 is 5.73 Å². The van der Waals surface area contributed by atoms with Crippen molar-refractivity contribution in [3.05, 3.63) is 21.0 Å². The molecule has 0 radical (unpaired) electrons. The van der Waals surface area contributed by atoms with Crippen molar-refractivity contribution in [1.82, 2.24) is 4.98 Å². The van der Waals surface area contributed by atoms with Gasteiger partial charge in [0.2, 0.25) is 0 Å². The van der Waals surface area contributed by atoms with Crippen LogP contribution in [0, 0.1) is 3.70 Å². The first-order chi connectivity index (χ1) is 4.20. The van der Waals surface area contributed by atoms with E-state index in [9.17, 15) is 0 Å². The summed E-state index contributed by atoms with van der Waals surface area (Å²) >= 11 is 7.62. The highest BCUT2D eigenvalue weighted by Gasteiger charge is 1.94. The Labute approximate surface area is 71.6 Å². The second-order valence-electron chi connectivity index (χ2n) is 1.53. The third-order valence-corrected chi connectivity index (χ3v) is 1.94. The zero-order chi connectivity index (χ0) is 6.85. The molecule has 0 aliphatic rings. The molecule has 9 heavy (non-hydrogen) atoms. The van der Waals surface area contributed by atoms with E-state index in [1.807, 2.05) is 22.6 Å². The number of pyridine rings is 1. The van der Waals surface area contributed by atoms with Gasteiger partial charge in [-0.05, 0) is 28.7 Å². The summed E-state index contributed by atoms with van der Waals surface area (Å²) in [6.07, 6.45) is 1.57. The predicted octanol–water partition coefficient (Wildman–Crippen LogP) is 1.92. The van der Waals surface area contributed by atoms with Crippen molar-refractivity contribution in [3.63, 3.8) is 0 Å². The Hall–Kier alpha value is -0.0300. The van der Waals surface area contributed by atoms with Gasteiger partial charge in [0.25, 0.3) is 0 Å². The second kappa shape index (κ2) is 2.70. The first kappa shape index (κ1) is 7.08. The van der Waals surface area contributed by atoms with Gasteiger partial charge in [0, 0.05) is 6.20 Å². The van der Waals surface area contributed by atoms with Crippen molar-refractivity contribution in [2.75, 3.05) is 5.73 Å². The minimum absolute atomic E-state index is 0.577. The lowest BCUT2D eigenvalue weighted by Crippen LogP contribution is -1.90. The molecule has 0 fully saturated rings. The normalized spacial score (nSPS) is 9.56. The summed E-state index contributed by atoms with van der Waals surface area (Å²) in [7, 11) is 0. The molecule has 0 amide bonds. The maximum Gasteiger partial charge on any atom is 0.124 e. The maximum atomic E-state index is 5.57. The number of hydrogen-bond donors (Lipinski definition) is 1. The molecule has 0 spiro atoms. The number of nitrogens with zero attached hydrogens (tertiary/aromatic N) is 1. The van der Waals surface area contributed by atoms with Crippen LogP contribution in [0.2, 0.25) is 5.02 Å². The fraction of sp³-hybridized carbons (Fsp3) is 0. The fourth-order valence-corrected chi connectivity index (χ4v) is 0.900. The molecule has 1 heterocycles. The summed E-state index contributed by atoms with van der Waals surface area (Å²) in [5.41, 5.74) is 6.09. The van der Waals surface area contributed by atoms with Crippen molar-refractivity contribution < 1.29 is 0 Å². The zero-order valence-electron chi connectivity index (χ0n) is 4.44. The van der Waals surface area contributed by atoms with E-state index in [1.54, 1.807) is 12.3 Å². The topological polar surface area (TPSA) is 38.9 Å². The van der Waals surface area contributed by atoms with Gasteiger partial charge >= 0.3 is 0 Å². The van der Waals surface area contributed by atoms with Crippen LogP contribution in [0.5, 0.6) is 0 Å². The SMILES string of the molecule is Nc1cc(Cl)cnc1I. The standard InChI is InChI=1S/C5H4ClIN2/c6-3-1-4(8)5(7)9-2-3/h1-2H,8H2. The molecule has 2 N–H and O–H groups in total. The molecule has 0 atom stereocenters. The van der Waals surface area contributed by atoms with Crippen LogP contribution in [0.4, 0.5) is 5.69 Å². The largest absolute Gasteiger partial charge is 0.397 e. The Morgan fingerprint density at radius 2 is 2.33 bits per heavy atom. The quantitative estimate of drug-likeness (QED) is 0.567. The van der Waals surface area contributed by atoms with E-state index in [-0.39, 0.29) is 0 Å². The van der Waals surface area contributed by atoms with Gasteiger partial charge in [-0.25, -0.2) is 4.98 Å². The van der Waals surface area contributed by atoms with Gasteiger partial charge in [0.15, 0.2) is 0 Å². The number of nitrogen functional groups attached to an aromatic ring is 1. The highest BCUT2D eigenvalue weighted by Crippen LogP contribution is 2.15. The van der Waals surface area contributed by atoms with E-state index in [2.05, 4.69) is 4.98 Å². The van der Waals surface area contributed by atoms with Gasteiger partial charge in [-0.15, -0.1) is 0 Å². The van der Waals surface area contributed by atoms with Crippen LogP contribution >= 0.6 is 34.2 Å². The summed E-state index contributed by atoms with van der Waals surface area (Å²) in [5.74, 6) is 0. The van der Waals surface area contributed by atoms with E-state index in [0.717, 1.165) is 3.70 Å².